The molecule has 0 fully saturated rings. The summed E-state index contributed by atoms with van der Waals surface area (Å²) in [6, 6.07) is -0.883. The number of phosphoric ester groups is 1. The van der Waals surface area contributed by atoms with E-state index in [1.54, 1.807) is 6.08 Å². The lowest BCUT2D eigenvalue weighted by Crippen LogP contribution is -2.45. The van der Waals surface area contributed by atoms with E-state index in [0.717, 1.165) is 70.6 Å². The van der Waals surface area contributed by atoms with Gasteiger partial charge in [0.25, 0.3) is 7.82 Å². The average molecular weight is 807 g/mol. The van der Waals surface area contributed by atoms with Crippen LogP contribution in [-0.4, -0.2) is 68.5 Å². The van der Waals surface area contributed by atoms with Crippen molar-refractivity contribution in [2.24, 2.45) is 0 Å². The van der Waals surface area contributed by atoms with Crippen LogP contribution in [0.4, 0.5) is 0 Å². The second-order valence-corrected chi connectivity index (χ2v) is 17.8. The first kappa shape index (κ1) is 54.2. The van der Waals surface area contributed by atoms with Crippen LogP contribution in [0.3, 0.4) is 0 Å². The molecule has 3 unspecified atom stereocenters. The van der Waals surface area contributed by atoms with E-state index in [1.165, 1.54) is 89.9 Å². The SMILES string of the molecule is CC/C=C\C/C=C\C/C=C\C/C=C\CCCCCCCCCCCCCCCCCCC(=O)NC(COP(=O)([O-])OCC[N+](C)(C)C)C(O)/C=C/CCCCC. The number of amides is 1. The summed E-state index contributed by atoms with van der Waals surface area (Å²) in [5, 5.41) is 13.6. The molecule has 0 aromatic heterocycles. The van der Waals surface area contributed by atoms with Gasteiger partial charge in [-0.2, -0.15) is 0 Å². The van der Waals surface area contributed by atoms with Gasteiger partial charge in [-0.25, -0.2) is 0 Å². The van der Waals surface area contributed by atoms with E-state index in [1.807, 2.05) is 27.2 Å². The number of allylic oxidation sites excluding steroid dienone is 9. The number of aliphatic hydroxyl groups is 1. The van der Waals surface area contributed by atoms with Crippen LogP contribution < -0.4 is 10.2 Å². The number of nitrogens with zero attached hydrogens (tertiary/aromatic N) is 1. The molecule has 0 bridgehead atoms. The van der Waals surface area contributed by atoms with Crippen molar-refractivity contribution in [2.45, 2.75) is 193 Å². The number of quaternary nitrogens is 1. The lowest BCUT2D eigenvalue weighted by Gasteiger charge is -2.29. The lowest BCUT2D eigenvalue weighted by atomic mass is 10.0. The fraction of sp³-hybridized carbons (Fsp3) is 0.766. The van der Waals surface area contributed by atoms with Crippen LogP contribution in [0.1, 0.15) is 181 Å². The minimum Gasteiger partial charge on any atom is -0.756 e. The largest absolute Gasteiger partial charge is 0.756 e. The van der Waals surface area contributed by atoms with Crippen LogP contribution >= 0.6 is 7.82 Å². The van der Waals surface area contributed by atoms with Crippen molar-refractivity contribution >= 4 is 13.7 Å². The highest BCUT2D eigenvalue weighted by molar-refractivity contribution is 7.45. The van der Waals surface area contributed by atoms with Crippen LogP contribution in [0.2, 0.25) is 0 Å². The standard InChI is InChI=1S/C47H87N2O6P/c1-6-8-10-12-13-14-15-16-17-18-19-20-21-22-23-24-25-26-27-28-29-30-31-32-33-34-35-37-39-41-47(51)48-45(46(50)40-38-36-11-9-7-2)44-55-56(52,53)54-43-42-49(3,4)5/h8,10,13-14,16-17,19-20,38,40,45-46,50H,6-7,9,11-12,15,18,21-37,39,41-44H2,1-5H3,(H-,48,51,52,53)/b10-8-,14-13-,17-16-,20-19-,40-38+. The molecule has 1 amide bonds. The van der Waals surface area contributed by atoms with Gasteiger partial charge in [0.1, 0.15) is 13.2 Å². The van der Waals surface area contributed by atoms with E-state index in [2.05, 4.69) is 67.8 Å². The maximum Gasteiger partial charge on any atom is 0.268 e. The Bertz CT molecular complexity index is 1100. The van der Waals surface area contributed by atoms with Gasteiger partial charge in [-0.3, -0.25) is 9.36 Å². The summed E-state index contributed by atoms with van der Waals surface area (Å²) >= 11 is 0. The van der Waals surface area contributed by atoms with Crippen molar-refractivity contribution in [1.29, 1.82) is 0 Å². The number of phosphoric acid groups is 1. The number of unbranched alkanes of at least 4 members (excludes halogenated alkanes) is 19. The van der Waals surface area contributed by atoms with Crippen molar-refractivity contribution < 1.29 is 32.9 Å². The monoisotopic (exact) mass is 807 g/mol. The predicted octanol–water partition coefficient (Wildman–Crippen LogP) is 12.0. The molecule has 0 aliphatic carbocycles. The number of carbonyl (C=O) groups excluding carboxylic acids is 1. The van der Waals surface area contributed by atoms with Gasteiger partial charge in [0.05, 0.1) is 39.9 Å². The molecule has 0 heterocycles. The highest BCUT2D eigenvalue weighted by atomic mass is 31.2. The number of hydrogen-bond acceptors (Lipinski definition) is 6. The maximum atomic E-state index is 12.7. The Labute approximate surface area is 345 Å². The Morgan fingerprint density at radius 2 is 1.09 bits per heavy atom. The van der Waals surface area contributed by atoms with Crippen molar-refractivity contribution in [3.63, 3.8) is 0 Å². The molecule has 56 heavy (non-hydrogen) atoms. The predicted molar refractivity (Wildman–Crippen MR) is 237 cm³/mol. The number of likely N-dealkylation sites (N-methyl/N-ethyl adjacent to an activating group) is 1. The second-order valence-electron chi connectivity index (χ2n) is 16.4. The van der Waals surface area contributed by atoms with Crippen molar-refractivity contribution in [3.05, 3.63) is 60.8 Å². The van der Waals surface area contributed by atoms with E-state index >= 15 is 0 Å². The fourth-order valence-corrected chi connectivity index (χ4v) is 6.87. The highest BCUT2D eigenvalue weighted by Crippen LogP contribution is 2.38. The zero-order chi connectivity index (χ0) is 41.4. The van der Waals surface area contributed by atoms with Crippen LogP contribution in [0.25, 0.3) is 0 Å². The summed E-state index contributed by atoms with van der Waals surface area (Å²) in [7, 11) is 1.25. The Hall–Kier alpha value is -1.80. The summed E-state index contributed by atoms with van der Waals surface area (Å²) < 4.78 is 23.0. The minimum absolute atomic E-state index is 0.00319. The smallest absolute Gasteiger partial charge is 0.268 e. The quantitative estimate of drug-likeness (QED) is 0.0276. The normalized spacial score (nSPS) is 14.9. The van der Waals surface area contributed by atoms with Gasteiger partial charge in [-0.1, -0.05) is 177 Å². The molecule has 0 spiro atoms. The first-order valence-corrected chi connectivity index (χ1v) is 24.1. The lowest BCUT2D eigenvalue weighted by molar-refractivity contribution is -0.870. The van der Waals surface area contributed by atoms with Crippen LogP contribution in [0.5, 0.6) is 0 Å². The average Bonchev–Trinajstić information content (AvgIpc) is 3.15. The second kappa shape index (κ2) is 38.7. The number of aliphatic hydroxyl groups excluding tert-OH is 1. The van der Waals surface area contributed by atoms with E-state index in [9.17, 15) is 19.4 Å². The third-order valence-corrected chi connectivity index (χ3v) is 10.7. The zero-order valence-electron chi connectivity index (χ0n) is 36.8. The number of hydrogen-bond donors (Lipinski definition) is 2. The topological polar surface area (TPSA) is 108 Å². The van der Waals surface area contributed by atoms with Crippen molar-refractivity contribution in [3.8, 4) is 0 Å². The van der Waals surface area contributed by atoms with E-state index < -0.39 is 20.0 Å². The molecule has 326 valence electrons. The molecule has 0 saturated carbocycles. The fourth-order valence-electron chi connectivity index (χ4n) is 6.14. The Morgan fingerprint density at radius 1 is 0.643 bits per heavy atom. The van der Waals surface area contributed by atoms with Crippen LogP contribution in [-0.2, 0) is 18.4 Å². The Balaban J connectivity index is 3.92. The summed E-state index contributed by atoms with van der Waals surface area (Å²) in [6.45, 7) is 4.41. The first-order valence-electron chi connectivity index (χ1n) is 22.7. The van der Waals surface area contributed by atoms with Crippen molar-refractivity contribution in [1.82, 2.24) is 5.32 Å². The molecule has 0 rings (SSSR count). The summed E-state index contributed by atoms with van der Waals surface area (Å²) in [5.41, 5.74) is 0. The molecular formula is C47H87N2O6P. The summed E-state index contributed by atoms with van der Waals surface area (Å²) in [5.74, 6) is -0.207. The molecule has 0 aliphatic rings. The van der Waals surface area contributed by atoms with Gasteiger partial charge in [0.15, 0.2) is 0 Å². The molecule has 8 nitrogen and oxygen atoms in total. The van der Waals surface area contributed by atoms with Gasteiger partial charge in [-0.15, -0.1) is 0 Å². The highest BCUT2D eigenvalue weighted by Gasteiger charge is 2.23. The molecule has 3 atom stereocenters. The number of nitrogens with one attached hydrogen (secondary N) is 1. The molecule has 9 heteroatoms. The van der Waals surface area contributed by atoms with Crippen LogP contribution in [0, 0.1) is 0 Å². The minimum atomic E-state index is -4.57. The molecule has 0 aromatic rings. The van der Waals surface area contributed by atoms with Gasteiger partial charge in [0, 0.05) is 6.42 Å². The zero-order valence-corrected chi connectivity index (χ0v) is 37.7. The molecule has 0 radical (unpaired) electrons. The first-order chi connectivity index (χ1) is 27.0. The summed E-state index contributed by atoms with van der Waals surface area (Å²) in [4.78, 5) is 25.1. The molecular weight excluding hydrogens is 719 g/mol. The Morgan fingerprint density at radius 3 is 1.59 bits per heavy atom. The van der Waals surface area contributed by atoms with Gasteiger partial charge >= 0.3 is 0 Å². The maximum absolute atomic E-state index is 12.7. The van der Waals surface area contributed by atoms with E-state index in [4.69, 9.17) is 9.05 Å². The third kappa shape index (κ3) is 40.4. The van der Waals surface area contributed by atoms with E-state index in [0.29, 0.717) is 17.4 Å². The molecule has 0 saturated heterocycles. The molecule has 0 aliphatic heterocycles. The number of rotatable bonds is 40. The van der Waals surface area contributed by atoms with Crippen LogP contribution in [0.15, 0.2) is 60.8 Å². The molecule has 0 aromatic carbocycles. The molecule has 2 N–H and O–H groups in total. The Kier molecular flexibility index (Phi) is 37.5. The van der Waals surface area contributed by atoms with Gasteiger partial charge in [0.2, 0.25) is 5.91 Å². The third-order valence-electron chi connectivity index (χ3n) is 9.73. The number of carbonyl (C=O) groups is 1. The van der Waals surface area contributed by atoms with Gasteiger partial charge < -0.3 is 28.8 Å². The van der Waals surface area contributed by atoms with Crippen molar-refractivity contribution in [2.75, 3.05) is 40.9 Å². The van der Waals surface area contributed by atoms with Gasteiger partial charge in [-0.05, 0) is 57.8 Å². The van der Waals surface area contributed by atoms with E-state index in [-0.39, 0.29) is 19.1 Å². The summed E-state index contributed by atoms with van der Waals surface area (Å²) in [6.07, 6.45) is 50.5.